The molecule has 0 bridgehead atoms. The molecule has 1 aromatic heterocycles. The highest BCUT2D eigenvalue weighted by molar-refractivity contribution is 6.04. The number of pyridine rings is 1. The lowest BCUT2D eigenvalue weighted by atomic mass is 10.1. The molecular weight excluding hydrogens is 338 g/mol. The fourth-order valence-electron chi connectivity index (χ4n) is 2.71. The Bertz CT molecular complexity index is 967. The van der Waals surface area contributed by atoms with Gasteiger partial charge in [-0.3, -0.25) is 4.79 Å². The zero-order valence-corrected chi connectivity index (χ0v) is 15.2. The molecule has 2 aromatic carbocycles. The smallest absolute Gasteiger partial charge is 0.255 e. The third-order valence-electron chi connectivity index (χ3n) is 3.91. The van der Waals surface area contributed by atoms with Gasteiger partial charge in [0.25, 0.3) is 5.91 Å². The number of carbonyl (C=O) groups is 1. The zero-order valence-electron chi connectivity index (χ0n) is 15.2. The third-order valence-corrected chi connectivity index (χ3v) is 3.91. The van der Waals surface area contributed by atoms with Crippen molar-refractivity contribution in [1.82, 2.24) is 4.98 Å². The van der Waals surface area contributed by atoms with Crippen LogP contribution in [0.5, 0.6) is 11.6 Å². The Balaban J connectivity index is 1.64. The van der Waals surface area contributed by atoms with E-state index in [2.05, 4.69) is 16.4 Å². The second kappa shape index (κ2) is 8.15. The average Bonchev–Trinajstić information content (AvgIpc) is 2.64. The molecule has 0 saturated heterocycles. The number of anilines is 1. The number of rotatable bonds is 5. The van der Waals surface area contributed by atoms with Crippen LogP contribution < -0.4 is 10.1 Å². The van der Waals surface area contributed by atoms with Crippen LogP contribution in [0.1, 0.15) is 27.0 Å². The van der Waals surface area contributed by atoms with Crippen molar-refractivity contribution in [2.45, 2.75) is 20.3 Å². The van der Waals surface area contributed by atoms with Gasteiger partial charge in [-0.15, -0.1) is 0 Å². The number of aromatic nitrogens is 1. The van der Waals surface area contributed by atoms with Gasteiger partial charge in [-0.1, -0.05) is 29.3 Å². The van der Waals surface area contributed by atoms with E-state index in [4.69, 9.17) is 10.00 Å². The zero-order chi connectivity index (χ0) is 19.2. The van der Waals surface area contributed by atoms with Gasteiger partial charge in [0, 0.05) is 11.6 Å². The summed E-state index contributed by atoms with van der Waals surface area (Å²) in [6.45, 7) is 3.93. The standard InChI is InChI=1S/C22H19N3O2/c1-15-11-16(2)13-18(12-15)22(26)25-19-5-8-21(24-14-19)27-20-6-3-17(4-7-20)9-10-23/h3-8,11-14H,9H2,1-2H3,(H,25,26). The van der Waals surface area contributed by atoms with Gasteiger partial charge < -0.3 is 10.1 Å². The Morgan fingerprint density at radius 2 is 1.78 bits per heavy atom. The van der Waals surface area contributed by atoms with Gasteiger partial charge in [0.2, 0.25) is 5.88 Å². The SMILES string of the molecule is Cc1cc(C)cc(C(=O)Nc2ccc(Oc3ccc(CC#N)cc3)nc2)c1. The van der Waals surface area contributed by atoms with E-state index in [1.165, 1.54) is 0 Å². The van der Waals surface area contributed by atoms with Crippen molar-refractivity contribution >= 4 is 11.6 Å². The number of carbonyl (C=O) groups excluding carboxylic acids is 1. The first-order valence-electron chi connectivity index (χ1n) is 8.53. The predicted molar refractivity (Wildman–Crippen MR) is 104 cm³/mol. The second-order valence-electron chi connectivity index (χ2n) is 6.30. The van der Waals surface area contributed by atoms with Crippen LogP contribution in [0.25, 0.3) is 0 Å². The summed E-state index contributed by atoms with van der Waals surface area (Å²) in [4.78, 5) is 16.6. The van der Waals surface area contributed by atoms with E-state index in [9.17, 15) is 4.79 Å². The Morgan fingerprint density at radius 3 is 2.37 bits per heavy atom. The molecule has 3 aromatic rings. The molecule has 0 aliphatic rings. The molecule has 0 fully saturated rings. The number of ether oxygens (including phenoxy) is 1. The predicted octanol–water partition coefficient (Wildman–Crippen LogP) is 4.81. The van der Waals surface area contributed by atoms with Crippen LogP contribution >= 0.6 is 0 Å². The maximum absolute atomic E-state index is 12.4. The molecule has 1 heterocycles. The Labute approximate surface area is 158 Å². The molecular formula is C22H19N3O2. The molecule has 0 saturated carbocycles. The maximum atomic E-state index is 12.4. The van der Waals surface area contributed by atoms with Crippen molar-refractivity contribution in [2.24, 2.45) is 0 Å². The second-order valence-corrected chi connectivity index (χ2v) is 6.30. The number of nitrogens with zero attached hydrogens (tertiary/aromatic N) is 2. The number of nitrogens with one attached hydrogen (secondary N) is 1. The van der Waals surface area contributed by atoms with Gasteiger partial charge in [-0.05, 0) is 49.7 Å². The number of hydrogen-bond acceptors (Lipinski definition) is 4. The molecule has 1 amide bonds. The lowest BCUT2D eigenvalue weighted by Gasteiger charge is -2.08. The molecule has 0 radical (unpaired) electrons. The van der Waals surface area contributed by atoms with Crippen LogP contribution in [0.2, 0.25) is 0 Å². The van der Waals surface area contributed by atoms with Crippen LogP contribution in [-0.2, 0) is 6.42 Å². The maximum Gasteiger partial charge on any atom is 0.255 e. The van der Waals surface area contributed by atoms with E-state index in [1.807, 2.05) is 44.2 Å². The van der Waals surface area contributed by atoms with E-state index < -0.39 is 0 Å². The highest BCUT2D eigenvalue weighted by atomic mass is 16.5. The Morgan fingerprint density at radius 1 is 1.07 bits per heavy atom. The van der Waals surface area contributed by atoms with Gasteiger partial charge in [-0.25, -0.2) is 4.98 Å². The Kier molecular flexibility index (Phi) is 5.48. The minimum Gasteiger partial charge on any atom is -0.439 e. The van der Waals surface area contributed by atoms with Gasteiger partial charge in [0.1, 0.15) is 5.75 Å². The van der Waals surface area contributed by atoms with Crippen molar-refractivity contribution in [3.63, 3.8) is 0 Å². The monoisotopic (exact) mass is 357 g/mol. The summed E-state index contributed by atoms with van der Waals surface area (Å²) in [5, 5.41) is 11.5. The molecule has 0 spiro atoms. The number of aryl methyl sites for hydroxylation is 2. The van der Waals surface area contributed by atoms with Crippen LogP contribution in [0.15, 0.2) is 60.8 Å². The molecule has 1 N–H and O–H groups in total. The fourth-order valence-corrected chi connectivity index (χ4v) is 2.71. The topological polar surface area (TPSA) is 75.0 Å². The average molecular weight is 357 g/mol. The number of amides is 1. The van der Waals surface area contributed by atoms with Crippen LogP contribution in [0.4, 0.5) is 5.69 Å². The largest absolute Gasteiger partial charge is 0.439 e. The van der Waals surface area contributed by atoms with Gasteiger partial charge in [0.15, 0.2) is 0 Å². The van der Waals surface area contributed by atoms with Crippen LogP contribution in [-0.4, -0.2) is 10.9 Å². The van der Waals surface area contributed by atoms with E-state index in [-0.39, 0.29) is 5.91 Å². The van der Waals surface area contributed by atoms with Crippen molar-refractivity contribution < 1.29 is 9.53 Å². The van der Waals surface area contributed by atoms with Gasteiger partial charge in [-0.2, -0.15) is 5.26 Å². The summed E-state index contributed by atoms with van der Waals surface area (Å²) >= 11 is 0. The first kappa shape index (κ1) is 18.2. The molecule has 0 aliphatic carbocycles. The molecule has 0 atom stereocenters. The normalized spacial score (nSPS) is 10.1. The number of hydrogen-bond donors (Lipinski definition) is 1. The van der Waals surface area contributed by atoms with Crippen molar-refractivity contribution in [1.29, 1.82) is 5.26 Å². The summed E-state index contributed by atoms with van der Waals surface area (Å²) in [5.74, 6) is 0.883. The van der Waals surface area contributed by atoms with E-state index in [0.717, 1.165) is 16.7 Å². The summed E-state index contributed by atoms with van der Waals surface area (Å²) in [7, 11) is 0. The molecule has 27 heavy (non-hydrogen) atoms. The van der Waals surface area contributed by atoms with Gasteiger partial charge >= 0.3 is 0 Å². The lowest BCUT2D eigenvalue weighted by molar-refractivity contribution is 0.102. The van der Waals surface area contributed by atoms with Crippen LogP contribution in [0, 0.1) is 25.2 Å². The van der Waals surface area contributed by atoms with E-state index in [1.54, 1.807) is 30.5 Å². The fraction of sp³-hybridized carbons (Fsp3) is 0.136. The summed E-state index contributed by atoms with van der Waals surface area (Å²) < 4.78 is 5.68. The van der Waals surface area contributed by atoms with Crippen molar-refractivity contribution in [2.75, 3.05) is 5.32 Å². The Hall–Kier alpha value is -3.65. The summed E-state index contributed by atoms with van der Waals surface area (Å²) in [6, 6.07) is 18.5. The summed E-state index contributed by atoms with van der Waals surface area (Å²) in [5.41, 5.74) is 4.23. The minimum absolute atomic E-state index is 0.176. The number of benzene rings is 2. The first-order chi connectivity index (χ1) is 13.0. The van der Waals surface area contributed by atoms with E-state index >= 15 is 0 Å². The van der Waals surface area contributed by atoms with Crippen LogP contribution in [0.3, 0.4) is 0 Å². The molecule has 0 unspecified atom stereocenters. The molecule has 3 rings (SSSR count). The quantitative estimate of drug-likeness (QED) is 0.711. The van der Waals surface area contributed by atoms with Crippen molar-refractivity contribution in [3.8, 4) is 17.7 Å². The third kappa shape index (κ3) is 4.93. The molecule has 5 heteroatoms. The highest BCUT2D eigenvalue weighted by Crippen LogP contribution is 2.21. The summed E-state index contributed by atoms with van der Waals surface area (Å²) in [6.07, 6.45) is 1.92. The molecule has 5 nitrogen and oxygen atoms in total. The lowest BCUT2D eigenvalue weighted by Crippen LogP contribution is -2.12. The molecule has 0 aliphatic heterocycles. The first-order valence-corrected chi connectivity index (χ1v) is 8.53. The molecule has 134 valence electrons. The van der Waals surface area contributed by atoms with Crippen molar-refractivity contribution in [3.05, 3.63) is 83.0 Å². The highest BCUT2D eigenvalue weighted by Gasteiger charge is 2.08. The van der Waals surface area contributed by atoms with Gasteiger partial charge in [0.05, 0.1) is 24.4 Å². The van der Waals surface area contributed by atoms with E-state index in [0.29, 0.717) is 29.3 Å². The minimum atomic E-state index is -0.176. The number of nitriles is 1.